The zero-order chi connectivity index (χ0) is 17.3. The number of amides is 2. The summed E-state index contributed by atoms with van der Waals surface area (Å²) in [6.45, 7) is 3.79. The Bertz CT molecular complexity index is 838. The van der Waals surface area contributed by atoms with Crippen LogP contribution in [0.4, 0.5) is 10.3 Å². The average molecular weight is 362 g/mol. The zero-order valence-corrected chi connectivity index (χ0v) is 14.8. The third-order valence-corrected chi connectivity index (χ3v) is 4.63. The van der Waals surface area contributed by atoms with Crippen LogP contribution in [0.3, 0.4) is 0 Å². The van der Waals surface area contributed by atoms with Gasteiger partial charge in [0.2, 0.25) is 0 Å². The van der Waals surface area contributed by atoms with Gasteiger partial charge in [-0.1, -0.05) is 0 Å². The molecule has 2 N–H and O–H groups in total. The number of aromatic nitrogens is 4. The van der Waals surface area contributed by atoms with Crippen molar-refractivity contribution < 1.29 is 9.59 Å². The maximum absolute atomic E-state index is 12.4. The summed E-state index contributed by atoms with van der Waals surface area (Å²) in [7, 11) is 1.65. The molecule has 3 aromatic heterocycles. The van der Waals surface area contributed by atoms with Gasteiger partial charge in [-0.05, 0) is 13.8 Å². The van der Waals surface area contributed by atoms with Crippen LogP contribution < -0.4 is 10.6 Å². The fourth-order valence-electron chi connectivity index (χ4n) is 1.97. The van der Waals surface area contributed by atoms with Crippen LogP contribution >= 0.6 is 22.7 Å². The van der Waals surface area contributed by atoms with Crippen LogP contribution in [0.25, 0.3) is 0 Å². The van der Waals surface area contributed by atoms with Gasteiger partial charge in [0.05, 0.1) is 5.56 Å². The summed E-state index contributed by atoms with van der Waals surface area (Å²) in [6.07, 6.45) is 4.83. The number of nitrogens with zero attached hydrogens (tertiary/aromatic N) is 4. The Morgan fingerprint density at radius 3 is 2.04 bits per heavy atom. The number of thiazole rings is 2. The Balaban J connectivity index is 1.81. The Labute approximate surface area is 145 Å². The molecule has 3 heterocycles. The third kappa shape index (κ3) is 3.49. The minimum atomic E-state index is -0.481. The molecule has 0 radical (unpaired) electrons. The minimum absolute atomic E-state index is 0.0381. The molecule has 0 aliphatic rings. The van der Waals surface area contributed by atoms with Crippen molar-refractivity contribution in [3.8, 4) is 0 Å². The largest absolute Gasteiger partial charge is 0.298 e. The van der Waals surface area contributed by atoms with Gasteiger partial charge in [0, 0.05) is 35.4 Å². The molecule has 0 fully saturated rings. The predicted molar refractivity (Wildman–Crippen MR) is 92.8 cm³/mol. The Hall–Kier alpha value is -2.59. The topological polar surface area (TPSA) is 102 Å². The van der Waals surface area contributed by atoms with Gasteiger partial charge in [0.15, 0.2) is 16.0 Å². The van der Waals surface area contributed by atoms with E-state index in [9.17, 15) is 9.59 Å². The highest BCUT2D eigenvalue weighted by molar-refractivity contribution is 7.16. The number of hydrogen-bond donors (Lipinski definition) is 2. The Morgan fingerprint density at radius 2 is 1.54 bits per heavy atom. The van der Waals surface area contributed by atoms with Crippen LogP contribution in [0.2, 0.25) is 0 Å². The second kappa shape index (κ2) is 6.49. The quantitative estimate of drug-likeness (QED) is 0.742. The zero-order valence-electron chi connectivity index (χ0n) is 13.2. The molecule has 0 spiro atoms. The van der Waals surface area contributed by atoms with Gasteiger partial charge in [-0.15, -0.1) is 22.7 Å². The highest BCUT2D eigenvalue weighted by Crippen LogP contribution is 2.20. The second-order valence-electron chi connectivity index (χ2n) is 5.03. The number of anilines is 2. The number of carbonyl (C=O) groups excluding carboxylic acids is 2. The summed E-state index contributed by atoms with van der Waals surface area (Å²) in [4.78, 5) is 34.9. The first-order chi connectivity index (χ1) is 11.4. The molecule has 0 aliphatic heterocycles. The van der Waals surface area contributed by atoms with Crippen molar-refractivity contribution in [2.45, 2.75) is 13.8 Å². The molecule has 0 atom stereocenters. The fraction of sp³-hybridized carbons (Fsp3) is 0.214. The molecule has 24 heavy (non-hydrogen) atoms. The summed E-state index contributed by atoms with van der Waals surface area (Å²) in [5, 5.41) is 10.4. The van der Waals surface area contributed by atoms with Crippen LogP contribution in [0.5, 0.6) is 0 Å². The lowest BCUT2D eigenvalue weighted by atomic mass is 10.2. The van der Waals surface area contributed by atoms with E-state index in [4.69, 9.17) is 0 Å². The van der Waals surface area contributed by atoms with Gasteiger partial charge >= 0.3 is 0 Å². The lowest BCUT2D eigenvalue weighted by molar-refractivity contribution is 0.0988. The summed E-state index contributed by atoms with van der Waals surface area (Å²) >= 11 is 2.71. The predicted octanol–water partition coefficient (Wildman–Crippen LogP) is 2.45. The summed E-state index contributed by atoms with van der Waals surface area (Å²) in [5.41, 5.74) is 0.215. The van der Waals surface area contributed by atoms with Gasteiger partial charge in [-0.3, -0.25) is 24.9 Å². The lowest BCUT2D eigenvalue weighted by Crippen LogP contribution is -2.19. The molecule has 0 unspecified atom stereocenters. The molecule has 0 saturated carbocycles. The van der Waals surface area contributed by atoms with E-state index in [1.165, 1.54) is 33.6 Å². The van der Waals surface area contributed by atoms with Gasteiger partial charge in [0.25, 0.3) is 11.8 Å². The molecule has 2 amide bonds. The monoisotopic (exact) mass is 362 g/mol. The maximum atomic E-state index is 12.4. The van der Waals surface area contributed by atoms with Crippen molar-refractivity contribution in [2.24, 2.45) is 7.05 Å². The van der Waals surface area contributed by atoms with E-state index in [0.29, 0.717) is 10.3 Å². The van der Waals surface area contributed by atoms with Gasteiger partial charge in [0.1, 0.15) is 0 Å². The van der Waals surface area contributed by atoms with Gasteiger partial charge < -0.3 is 0 Å². The van der Waals surface area contributed by atoms with Crippen LogP contribution in [-0.4, -0.2) is 31.6 Å². The van der Waals surface area contributed by atoms with Crippen LogP contribution in [0.1, 0.15) is 30.6 Å². The van der Waals surface area contributed by atoms with Crippen molar-refractivity contribution in [1.82, 2.24) is 19.7 Å². The normalized spacial score (nSPS) is 10.6. The van der Waals surface area contributed by atoms with E-state index >= 15 is 0 Å². The fourth-order valence-corrected chi connectivity index (χ4v) is 3.29. The molecule has 0 aromatic carbocycles. The Kier molecular flexibility index (Phi) is 4.40. The third-order valence-electron chi connectivity index (χ3n) is 2.97. The molecule has 3 rings (SSSR count). The van der Waals surface area contributed by atoms with Gasteiger partial charge in [-0.2, -0.15) is 5.10 Å². The van der Waals surface area contributed by atoms with Crippen LogP contribution in [0, 0.1) is 13.8 Å². The van der Waals surface area contributed by atoms with Crippen molar-refractivity contribution in [3.05, 3.63) is 39.6 Å². The molecular weight excluding hydrogens is 348 g/mol. The van der Waals surface area contributed by atoms with Crippen LogP contribution in [0.15, 0.2) is 18.6 Å². The van der Waals surface area contributed by atoms with E-state index in [-0.39, 0.29) is 11.3 Å². The number of aryl methyl sites for hydroxylation is 3. The maximum Gasteiger partial charge on any atom is 0.278 e. The highest BCUT2D eigenvalue weighted by Gasteiger charge is 2.23. The molecule has 0 bridgehead atoms. The first kappa shape index (κ1) is 16.3. The smallest absolute Gasteiger partial charge is 0.278 e. The standard InChI is InChI=1S/C14H14N6O2S2/c1-7-4-15-13(23-7)17-11(21)9-6-20(3)19-10(9)12(22)18-14-16-5-8(2)24-14/h4-6H,1-3H3,(H,15,17,21)(H,16,18,22). The number of carbonyl (C=O) groups is 2. The summed E-state index contributed by atoms with van der Waals surface area (Å²) in [5.74, 6) is -0.914. The molecule has 8 nitrogen and oxygen atoms in total. The molecule has 0 saturated heterocycles. The molecule has 124 valence electrons. The van der Waals surface area contributed by atoms with E-state index in [1.54, 1.807) is 19.4 Å². The Morgan fingerprint density at radius 1 is 1.00 bits per heavy atom. The summed E-state index contributed by atoms with van der Waals surface area (Å²) < 4.78 is 1.42. The number of nitrogens with one attached hydrogen (secondary N) is 2. The molecular formula is C14H14N6O2S2. The molecule has 0 aliphatic carbocycles. The van der Waals surface area contributed by atoms with Crippen molar-refractivity contribution in [1.29, 1.82) is 0 Å². The van der Waals surface area contributed by atoms with Crippen LogP contribution in [-0.2, 0) is 7.05 Å². The first-order valence-electron chi connectivity index (χ1n) is 6.93. The van der Waals surface area contributed by atoms with E-state index in [2.05, 4.69) is 25.7 Å². The summed E-state index contributed by atoms with van der Waals surface area (Å²) in [6, 6.07) is 0. The molecule has 10 heteroatoms. The first-order valence-corrected chi connectivity index (χ1v) is 8.57. The number of rotatable bonds is 4. The average Bonchev–Trinajstić information content (AvgIpc) is 3.20. The van der Waals surface area contributed by atoms with Gasteiger partial charge in [-0.25, -0.2) is 9.97 Å². The second-order valence-corrected chi connectivity index (χ2v) is 7.49. The molecule has 3 aromatic rings. The van der Waals surface area contributed by atoms with Crippen molar-refractivity contribution in [3.63, 3.8) is 0 Å². The van der Waals surface area contributed by atoms with E-state index in [1.807, 2.05) is 13.8 Å². The minimum Gasteiger partial charge on any atom is -0.298 e. The van der Waals surface area contributed by atoms with E-state index in [0.717, 1.165) is 9.75 Å². The van der Waals surface area contributed by atoms with E-state index < -0.39 is 11.8 Å². The van der Waals surface area contributed by atoms with Crippen molar-refractivity contribution in [2.75, 3.05) is 10.6 Å². The SMILES string of the molecule is Cc1cnc(NC(=O)c2cn(C)nc2C(=O)Nc2ncc(C)s2)s1. The lowest BCUT2D eigenvalue weighted by Gasteiger charge is -2.02. The highest BCUT2D eigenvalue weighted by atomic mass is 32.1. The van der Waals surface area contributed by atoms with Crippen molar-refractivity contribution >= 4 is 44.8 Å². The number of hydrogen-bond acceptors (Lipinski definition) is 7.